The summed E-state index contributed by atoms with van der Waals surface area (Å²) in [5, 5.41) is 0. The zero-order valence-electron chi connectivity index (χ0n) is 6.98. The summed E-state index contributed by atoms with van der Waals surface area (Å²) < 4.78 is 0. The minimum Gasteiger partial charge on any atom is -0.0998 e. The quantitative estimate of drug-likeness (QED) is 0.485. The van der Waals surface area contributed by atoms with Crippen LogP contribution in [0.4, 0.5) is 0 Å². The Labute approximate surface area is 63.6 Å². The molecular weight excluding hydrogens is 120 g/mol. The van der Waals surface area contributed by atoms with Crippen molar-refractivity contribution < 1.29 is 0 Å². The standard InChI is InChI=1S/C10H16/c1-8(2)10-6-4-5-9(3)7-10/h5,10H,1,4,6-7H2,2-3H3/t10-/m1/s1. The first-order valence-corrected chi connectivity index (χ1v) is 4.01. The molecule has 0 saturated carbocycles. The highest BCUT2D eigenvalue weighted by Crippen LogP contribution is 2.28. The SMILES string of the molecule is C=C(C)[C@@H]1CCC=C(C)C1. The van der Waals surface area contributed by atoms with Crippen molar-refractivity contribution in [3.63, 3.8) is 0 Å². The van der Waals surface area contributed by atoms with Crippen LogP contribution in [0.15, 0.2) is 23.8 Å². The van der Waals surface area contributed by atoms with Crippen molar-refractivity contribution in [3.8, 4) is 0 Å². The Kier molecular flexibility index (Phi) is 2.31. The lowest BCUT2D eigenvalue weighted by atomic mass is 9.85. The Bertz CT molecular complexity index is 163. The van der Waals surface area contributed by atoms with Crippen LogP contribution in [0, 0.1) is 5.92 Å². The van der Waals surface area contributed by atoms with E-state index in [1.54, 1.807) is 5.57 Å². The zero-order chi connectivity index (χ0) is 7.56. The van der Waals surface area contributed by atoms with E-state index in [9.17, 15) is 0 Å². The van der Waals surface area contributed by atoms with Crippen molar-refractivity contribution in [2.45, 2.75) is 33.1 Å². The smallest absolute Gasteiger partial charge is 0.0169 e. The normalized spacial score (nSPS) is 25.8. The number of allylic oxidation sites excluding steroid dienone is 3. The van der Waals surface area contributed by atoms with Gasteiger partial charge in [0.05, 0.1) is 0 Å². The molecule has 0 N–H and O–H groups in total. The van der Waals surface area contributed by atoms with Gasteiger partial charge in [0.15, 0.2) is 0 Å². The average Bonchev–Trinajstić information content (AvgIpc) is 1.88. The van der Waals surface area contributed by atoms with E-state index in [0.29, 0.717) is 0 Å². The maximum atomic E-state index is 3.99. The average molecular weight is 136 g/mol. The van der Waals surface area contributed by atoms with Crippen LogP contribution in [-0.2, 0) is 0 Å². The Morgan fingerprint density at radius 2 is 2.40 bits per heavy atom. The molecule has 0 heterocycles. The number of rotatable bonds is 1. The van der Waals surface area contributed by atoms with Crippen LogP contribution in [0.25, 0.3) is 0 Å². The van der Waals surface area contributed by atoms with E-state index in [4.69, 9.17) is 0 Å². The van der Waals surface area contributed by atoms with E-state index >= 15 is 0 Å². The first kappa shape index (κ1) is 7.59. The molecule has 0 aliphatic heterocycles. The molecule has 0 bridgehead atoms. The molecule has 0 aromatic rings. The fourth-order valence-corrected chi connectivity index (χ4v) is 1.53. The van der Waals surface area contributed by atoms with Gasteiger partial charge in [0, 0.05) is 0 Å². The van der Waals surface area contributed by atoms with E-state index in [1.807, 2.05) is 0 Å². The summed E-state index contributed by atoms with van der Waals surface area (Å²) in [6.07, 6.45) is 6.16. The third kappa shape index (κ3) is 1.73. The van der Waals surface area contributed by atoms with Crippen LogP contribution >= 0.6 is 0 Å². The molecule has 0 radical (unpaired) electrons. The lowest BCUT2D eigenvalue weighted by molar-refractivity contribution is 0.536. The van der Waals surface area contributed by atoms with Gasteiger partial charge in [-0.2, -0.15) is 0 Å². The van der Waals surface area contributed by atoms with Gasteiger partial charge in [0.2, 0.25) is 0 Å². The largest absolute Gasteiger partial charge is 0.0998 e. The van der Waals surface area contributed by atoms with Crippen LogP contribution in [0.2, 0.25) is 0 Å². The van der Waals surface area contributed by atoms with Crippen LogP contribution in [-0.4, -0.2) is 0 Å². The van der Waals surface area contributed by atoms with Gasteiger partial charge in [-0.3, -0.25) is 0 Å². The third-order valence-electron chi connectivity index (χ3n) is 2.27. The summed E-state index contributed by atoms with van der Waals surface area (Å²) >= 11 is 0. The van der Waals surface area contributed by atoms with Crippen molar-refractivity contribution in [1.29, 1.82) is 0 Å². The monoisotopic (exact) mass is 136 g/mol. The fraction of sp³-hybridized carbons (Fsp3) is 0.600. The van der Waals surface area contributed by atoms with E-state index in [-0.39, 0.29) is 0 Å². The molecule has 0 aromatic carbocycles. The first-order valence-electron chi connectivity index (χ1n) is 4.01. The summed E-state index contributed by atoms with van der Waals surface area (Å²) in [5.41, 5.74) is 2.90. The highest BCUT2D eigenvalue weighted by atomic mass is 14.2. The minimum absolute atomic E-state index is 0.769. The second-order valence-corrected chi connectivity index (χ2v) is 3.38. The van der Waals surface area contributed by atoms with Gasteiger partial charge < -0.3 is 0 Å². The van der Waals surface area contributed by atoms with Crippen LogP contribution in [0.5, 0.6) is 0 Å². The van der Waals surface area contributed by atoms with Crippen LogP contribution < -0.4 is 0 Å². The van der Waals surface area contributed by atoms with Gasteiger partial charge in [0.25, 0.3) is 0 Å². The molecule has 0 amide bonds. The van der Waals surface area contributed by atoms with E-state index in [1.165, 1.54) is 24.8 Å². The minimum atomic E-state index is 0.769. The topological polar surface area (TPSA) is 0 Å². The second kappa shape index (κ2) is 3.05. The molecule has 0 spiro atoms. The summed E-state index contributed by atoms with van der Waals surface area (Å²) in [4.78, 5) is 0. The Hall–Kier alpha value is -0.520. The van der Waals surface area contributed by atoms with Crippen molar-refractivity contribution in [3.05, 3.63) is 23.8 Å². The molecule has 10 heavy (non-hydrogen) atoms. The predicted octanol–water partition coefficient (Wildman–Crippen LogP) is 3.31. The Morgan fingerprint density at radius 1 is 1.70 bits per heavy atom. The van der Waals surface area contributed by atoms with Crippen molar-refractivity contribution in [2.75, 3.05) is 0 Å². The summed E-state index contributed by atoms with van der Waals surface area (Å²) in [5.74, 6) is 0.769. The number of hydrogen-bond donors (Lipinski definition) is 0. The molecule has 0 saturated heterocycles. The maximum Gasteiger partial charge on any atom is -0.0169 e. The van der Waals surface area contributed by atoms with E-state index in [2.05, 4.69) is 26.5 Å². The lowest BCUT2D eigenvalue weighted by Gasteiger charge is -2.20. The van der Waals surface area contributed by atoms with Gasteiger partial charge in [-0.15, -0.1) is 0 Å². The Balaban J connectivity index is 2.53. The molecule has 1 rings (SSSR count). The third-order valence-corrected chi connectivity index (χ3v) is 2.27. The van der Waals surface area contributed by atoms with Gasteiger partial charge >= 0.3 is 0 Å². The molecule has 56 valence electrons. The Morgan fingerprint density at radius 3 is 2.80 bits per heavy atom. The van der Waals surface area contributed by atoms with Gasteiger partial charge in [0.1, 0.15) is 0 Å². The van der Waals surface area contributed by atoms with Gasteiger partial charge in [-0.1, -0.05) is 23.8 Å². The molecule has 0 aromatic heterocycles. The molecule has 0 fully saturated rings. The van der Waals surface area contributed by atoms with E-state index < -0.39 is 0 Å². The molecule has 0 heteroatoms. The molecular formula is C10H16. The molecule has 1 aliphatic rings. The zero-order valence-corrected chi connectivity index (χ0v) is 6.98. The van der Waals surface area contributed by atoms with Crippen molar-refractivity contribution in [2.24, 2.45) is 5.92 Å². The highest BCUT2D eigenvalue weighted by molar-refractivity contribution is 5.10. The van der Waals surface area contributed by atoms with E-state index in [0.717, 1.165) is 5.92 Å². The maximum absolute atomic E-state index is 3.99. The van der Waals surface area contributed by atoms with Crippen molar-refractivity contribution in [1.82, 2.24) is 0 Å². The predicted molar refractivity (Wildman–Crippen MR) is 45.9 cm³/mol. The molecule has 1 aliphatic carbocycles. The fourth-order valence-electron chi connectivity index (χ4n) is 1.53. The highest BCUT2D eigenvalue weighted by Gasteiger charge is 2.12. The number of hydrogen-bond acceptors (Lipinski definition) is 0. The van der Waals surface area contributed by atoms with Gasteiger partial charge in [-0.05, 0) is 39.0 Å². The first-order chi connectivity index (χ1) is 4.70. The molecule has 0 unspecified atom stereocenters. The van der Waals surface area contributed by atoms with Gasteiger partial charge in [-0.25, -0.2) is 0 Å². The summed E-state index contributed by atoms with van der Waals surface area (Å²) in [6, 6.07) is 0. The van der Waals surface area contributed by atoms with Crippen LogP contribution in [0.3, 0.4) is 0 Å². The molecule has 1 atom stereocenters. The van der Waals surface area contributed by atoms with Crippen LogP contribution in [0.1, 0.15) is 33.1 Å². The summed E-state index contributed by atoms with van der Waals surface area (Å²) in [6.45, 7) is 8.35. The molecule has 0 nitrogen and oxygen atoms in total. The second-order valence-electron chi connectivity index (χ2n) is 3.38. The summed E-state index contributed by atoms with van der Waals surface area (Å²) in [7, 11) is 0. The lowest BCUT2D eigenvalue weighted by Crippen LogP contribution is -2.05. The van der Waals surface area contributed by atoms with Crippen molar-refractivity contribution >= 4 is 0 Å².